The van der Waals surface area contributed by atoms with Crippen LogP contribution in [0.5, 0.6) is 0 Å². The molecule has 2 heterocycles. The van der Waals surface area contributed by atoms with Gasteiger partial charge in [-0.05, 0) is 37.9 Å². The Bertz CT molecular complexity index is 475. The summed E-state index contributed by atoms with van der Waals surface area (Å²) >= 11 is 0. The zero-order chi connectivity index (χ0) is 12.1. The lowest BCUT2D eigenvalue weighted by molar-refractivity contribution is 0.633. The van der Waals surface area contributed by atoms with Crippen LogP contribution in [0.1, 0.15) is 37.1 Å². The van der Waals surface area contributed by atoms with Gasteiger partial charge in [0.15, 0.2) is 5.65 Å². The van der Waals surface area contributed by atoms with Gasteiger partial charge in [-0.25, -0.2) is 0 Å². The Morgan fingerprint density at radius 3 is 2.82 bits per heavy atom. The first kappa shape index (κ1) is 12.0. The summed E-state index contributed by atoms with van der Waals surface area (Å²) in [6.45, 7) is 2.86. The zero-order valence-electron chi connectivity index (χ0n) is 10.4. The van der Waals surface area contributed by atoms with E-state index in [1.807, 2.05) is 12.3 Å². The maximum Gasteiger partial charge on any atom is 0.163 e. The summed E-state index contributed by atoms with van der Waals surface area (Å²) in [5.74, 6) is 1.07. The van der Waals surface area contributed by atoms with Crippen molar-refractivity contribution in [3.05, 3.63) is 29.7 Å². The van der Waals surface area contributed by atoms with E-state index in [0.29, 0.717) is 0 Å². The zero-order valence-corrected chi connectivity index (χ0v) is 10.4. The van der Waals surface area contributed by atoms with Crippen LogP contribution in [-0.4, -0.2) is 21.1 Å². The number of nitrogens with zero attached hydrogens (tertiary/aromatic N) is 3. The molecule has 0 amide bonds. The second-order valence-electron chi connectivity index (χ2n) is 4.45. The van der Waals surface area contributed by atoms with Crippen LogP contribution in [0.25, 0.3) is 5.65 Å². The summed E-state index contributed by atoms with van der Waals surface area (Å²) in [7, 11) is 0. The van der Waals surface area contributed by atoms with E-state index in [0.717, 1.165) is 37.3 Å². The summed E-state index contributed by atoms with van der Waals surface area (Å²) in [6, 6.07) is 4.11. The molecule has 0 aromatic carbocycles. The normalized spacial score (nSPS) is 11.2. The molecule has 2 rings (SSSR count). The van der Waals surface area contributed by atoms with Gasteiger partial charge in [0.05, 0.1) is 0 Å². The van der Waals surface area contributed by atoms with Gasteiger partial charge in [0.2, 0.25) is 0 Å². The lowest BCUT2D eigenvalue weighted by atomic mass is 10.1. The fraction of sp³-hybridized carbons (Fsp3) is 0.538. The molecule has 0 atom stereocenters. The van der Waals surface area contributed by atoms with Crippen molar-refractivity contribution in [2.75, 3.05) is 6.54 Å². The van der Waals surface area contributed by atoms with E-state index in [2.05, 4.69) is 27.6 Å². The molecule has 0 spiro atoms. The van der Waals surface area contributed by atoms with Gasteiger partial charge in [-0.3, -0.25) is 4.40 Å². The van der Waals surface area contributed by atoms with Gasteiger partial charge in [-0.1, -0.05) is 18.9 Å². The van der Waals surface area contributed by atoms with E-state index >= 15 is 0 Å². The predicted molar refractivity (Wildman–Crippen MR) is 69.0 cm³/mol. The summed E-state index contributed by atoms with van der Waals surface area (Å²) in [6.07, 6.45) is 7.76. The van der Waals surface area contributed by atoms with Crippen LogP contribution in [0.15, 0.2) is 18.3 Å². The quantitative estimate of drug-likeness (QED) is 0.776. The third-order valence-electron chi connectivity index (χ3n) is 3.05. The molecule has 2 N–H and O–H groups in total. The molecule has 0 bridgehead atoms. The highest BCUT2D eigenvalue weighted by Gasteiger charge is 2.05. The van der Waals surface area contributed by atoms with E-state index in [1.54, 1.807) is 0 Å². The summed E-state index contributed by atoms with van der Waals surface area (Å²) in [4.78, 5) is 0. The van der Waals surface area contributed by atoms with Gasteiger partial charge in [0.1, 0.15) is 5.82 Å². The molecule has 0 saturated heterocycles. The molecule has 0 radical (unpaired) electrons. The van der Waals surface area contributed by atoms with Gasteiger partial charge in [0.25, 0.3) is 0 Å². The van der Waals surface area contributed by atoms with Crippen molar-refractivity contribution < 1.29 is 0 Å². The highest BCUT2D eigenvalue weighted by Crippen LogP contribution is 2.11. The maximum atomic E-state index is 5.47. The Hall–Kier alpha value is -1.42. The van der Waals surface area contributed by atoms with Crippen LogP contribution in [0, 0.1) is 6.92 Å². The lowest BCUT2D eigenvalue weighted by Crippen LogP contribution is -1.99. The number of hydrogen-bond donors (Lipinski definition) is 1. The Kier molecular flexibility index (Phi) is 4.09. The molecule has 92 valence electrons. The van der Waals surface area contributed by atoms with E-state index < -0.39 is 0 Å². The molecule has 0 aliphatic rings. The summed E-state index contributed by atoms with van der Waals surface area (Å²) < 4.78 is 2.10. The summed E-state index contributed by atoms with van der Waals surface area (Å²) in [5.41, 5.74) is 7.62. The third-order valence-corrected chi connectivity index (χ3v) is 3.05. The van der Waals surface area contributed by atoms with Crippen molar-refractivity contribution in [3.8, 4) is 0 Å². The first-order valence-corrected chi connectivity index (χ1v) is 6.32. The molecule has 4 nitrogen and oxygen atoms in total. The molecule has 0 aliphatic carbocycles. The predicted octanol–water partition coefficient (Wildman–Crippen LogP) is 2.10. The standard InChI is InChI=1S/C13H20N4/c1-11-7-6-10-17-12(15-16-13(11)17)8-4-2-3-5-9-14/h6-7,10H,2-5,8-9,14H2,1H3. The third kappa shape index (κ3) is 2.82. The van der Waals surface area contributed by atoms with Gasteiger partial charge < -0.3 is 5.73 Å². The second kappa shape index (κ2) is 5.77. The minimum absolute atomic E-state index is 0.799. The van der Waals surface area contributed by atoms with Crippen LogP contribution in [0.2, 0.25) is 0 Å². The van der Waals surface area contributed by atoms with Crippen LogP contribution in [0.4, 0.5) is 0 Å². The highest BCUT2D eigenvalue weighted by molar-refractivity contribution is 5.46. The SMILES string of the molecule is Cc1cccn2c(CCCCCCN)nnc12. The molecule has 0 fully saturated rings. The van der Waals surface area contributed by atoms with Gasteiger partial charge in [0, 0.05) is 12.6 Å². The van der Waals surface area contributed by atoms with Gasteiger partial charge in [-0.15, -0.1) is 10.2 Å². The Labute approximate surface area is 102 Å². The average molecular weight is 232 g/mol. The van der Waals surface area contributed by atoms with E-state index in [-0.39, 0.29) is 0 Å². The van der Waals surface area contributed by atoms with Crippen molar-refractivity contribution in [2.45, 2.75) is 39.0 Å². The Morgan fingerprint density at radius 2 is 2.00 bits per heavy atom. The summed E-state index contributed by atoms with van der Waals surface area (Å²) in [5, 5.41) is 8.49. The van der Waals surface area contributed by atoms with Crippen molar-refractivity contribution in [3.63, 3.8) is 0 Å². The van der Waals surface area contributed by atoms with E-state index in [9.17, 15) is 0 Å². The Balaban J connectivity index is 1.97. The topological polar surface area (TPSA) is 56.2 Å². The number of rotatable bonds is 6. The van der Waals surface area contributed by atoms with Gasteiger partial charge in [-0.2, -0.15) is 0 Å². The van der Waals surface area contributed by atoms with Crippen molar-refractivity contribution in [1.29, 1.82) is 0 Å². The average Bonchev–Trinajstić information content (AvgIpc) is 2.74. The molecule has 0 aliphatic heterocycles. The van der Waals surface area contributed by atoms with Gasteiger partial charge >= 0.3 is 0 Å². The number of unbranched alkanes of at least 4 members (excludes halogenated alkanes) is 3. The number of fused-ring (bicyclic) bond motifs is 1. The minimum Gasteiger partial charge on any atom is -0.330 e. The molecule has 2 aromatic heterocycles. The van der Waals surface area contributed by atoms with Crippen molar-refractivity contribution in [1.82, 2.24) is 14.6 Å². The number of aromatic nitrogens is 3. The molecular weight excluding hydrogens is 212 g/mol. The number of hydrogen-bond acceptors (Lipinski definition) is 3. The minimum atomic E-state index is 0.799. The molecule has 0 unspecified atom stereocenters. The number of pyridine rings is 1. The van der Waals surface area contributed by atoms with Crippen LogP contribution in [0.3, 0.4) is 0 Å². The van der Waals surface area contributed by atoms with Crippen LogP contribution in [-0.2, 0) is 6.42 Å². The Morgan fingerprint density at radius 1 is 1.18 bits per heavy atom. The van der Waals surface area contributed by atoms with Crippen molar-refractivity contribution >= 4 is 5.65 Å². The first-order chi connectivity index (χ1) is 8.33. The van der Waals surface area contributed by atoms with Crippen LogP contribution < -0.4 is 5.73 Å². The molecular formula is C13H20N4. The molecule has 0 saturated carbocycles. The highest BCUT2D eigenvalue weighted by atomic mass is 15.2. The number of aryl methyl sites for hydroxylation is 2. The number of nitrogens with two attached hydrogens (primary N) is 1. The molecule has 4 heteroatoms. The fourth-order valence-corrected chi connectivity index (χ4v) is 2.05. The fourth-order valence-electron chi connectivity index (χ4n) is 2.05. The second-order valence-corrected chi connectivity index (χ2v) is 4.45. The van der Waals surface area contributed by atoms with E-state index in [4.69, 9.17) is 5.73 Å². The molecule has 2 aromatic rings. The smallest absolute Gasteiger partial charge is 0.163 e. The maximum absolute atomic E-state index is 5.47. The largest absolute Gasteiger partial charge is 0.330 e. The molecule has 17 heavy (non-hydrogen) atoms. The van der Waals surface area contributed by atoms with E-state index in [1.165, 1.54) is 18.4 Å². The lowest BCUT2D eigenvalue weighted by Gasteiger charge is -2.01. The monoisotopic (exact) mass is 232 g/mol. The first-order valence-electron chi connectivity index (χ1n) is 6.32. The van der Waals surface area contributed by atoms with Crippen molar-refractivity contribution in [2.24, 2.45) is 5.73 Å². The van der Waals surface area contributed by atoms with Crippen LogP contribution >= 0.6 is 0 Å².